The molecule has 0 saturated heterocycles. The highest BCUT2D eigenvalue weighted by atomic mass is 19.4. The highest BCUT2D eigenvalue weighted by Gasteiger charge is 2.30. The first-order valence-corrected chi connectivity index (χ1v) is 9.48. The Hall–Kier alpha value is -3.88. The molecule has 0 radical (unpaired) electrons. The third kappa shape index (κ3) is 5.19. The molecule has 0 aliphatic carbocycles. The predicted molar refractivity (Wildman–Crippen MR) is 112 cm³/mol. The average molecular weight is 424 g/mol. The molecule has 2 heterocycles. The van der Waals surface area contributed by atoms with Crippen LogP contribution in [0.2, 0.25) is 0 Å². The van der Waals surface area contributed by atoms with Gasteiger partial charge in [-0.3, -0.25) is 0 Å². The number of aromatic nitrogens is 4. The minimum Gasteiger partial charge on any atom is -0.366 e. The molecular formula is C22H19F3N6. The molecule has 0 amide bonds. The minimum absolute atomic E-state index is 0.208. The lowest BCUT2D eigenvalue weighted by molar-refractivity contribution is -0.137. The standard InChI is InChI=1S/C22H19F3N6/c1-15-11-20(27-13-16-3-2-4-17(12-16)22(23,24)25)30-21(28-15)29-18-5-7-19(8-6-18)31-10-9-26-14-31/h2-12,14H,13H2,1H3,(H2,27,28,29,30). The largest absolute Gasteiger partial charge is 0.416 e. The Morgan fingerprint density at radius 3 is 2.52 bits per heavy atom. The summed E-state index contributed by atoms with van der Waals surface area (Å²) in [6.07, 6.45) is 0.912. The molecule has 0 aliphatic heterocycles. The number of aryl methyl sites for hydroxylation is 1. The van der Waals surface area contributed by atoms with Gasteiger partial charge in [-0.1, -0.05) is 12.1 Å². The second-order valence-electron chi connectivity index (χ2n) is 6.91. The van der Waals surface area contributed by atoms with Crippen molar-refractivity contribution in [2.24, 2.45) is 0 Å². The molecule has 0 fully saturated rings. The zero-order valence-corrected chi connectivity index (χ0v) is 16.6. The maximum atomic E-state index is 12.9. The Balaban J connectivity index is 1.45. The molecule has 2 aromatic heterocycles. The van der Waals surface area contributed by atoms with Gasteiger partial charge in [-0.05, 0) is 48.9 Å². The lowest BCUT2D eigenvalue weighted by atomic mass is 10.1. The van der Waals surface area contributed by atoms with E-state index in [0.717, 1.165) is 29.2 Å². The van der Waals surface area contributed by atoms with Crippen LogP contribution in [0.5, 0.6) is 0 Å². The van der Waals surface area contributed by atoms with E-state index in [2.05, 4.69) is 25.6 Å². The summed E-state index contributed by atoms with van der Waals surface area (Å²) < 4.78 is 40.6. The quantitative estimate of drug-likeness (QED) is 0.437. The van der Waals surface area contributed by atoms with Crippen LogP contribution in [0.15, 0.2) is 73.3 Å². The summed E-state index contributed by atoms with van der Waals surface area (Å²) >= 11 is 0. The Kier molecular flexibility index (Phi) is 5.57. The number of nitrogens with one attached hydrogen (secondary N) is 2. The lowest BCUT2D eigenvalue weighted by Gasteiger charge is -2.12. The first-order chi connectivity index (χ1) is 14.9. The van der Waals surface area contributed by atoms with Crippen LogP contribution in [0.1, 0.15) is 16.8 Å². The maximum Gasteiger partial charge on any atom is 0.416 e. The van der Waals surface area contributed by atoms with E-state index in [9.17, 15) is 13.2 Å². The van der Waals surface area contributed by atoms with Gasteiger partial charge < -0.3 is 15.2 Å². The van der Waals surface area contributed by atoms with Crippen molar-refractivity contribution >= 4 is 17.5 Å². The molecule has 0 bridgehead atoms. The van der Waals surface area contributed by atoms with Crippen LogP contribution in [0, 0.1) is 6.92 Å². The zero-order valence-electron chi connectivity index (χ0n) is 16.6. The monoisotopic (exact) mass is 424 g/mol. The molecule has 2 N–H and O–H groups in total. The fourth-order valence-electron chi connectivity index (χ4n) is 3.02. The van der Waals surface area contributed by atoms with Gasteiger partial charge in [0.25, 0.3) is 0 Å². The van der Waals surface area contributed by atoms with Crippen molar-refractivity contribution in [1.29, 1.82) is 0 Å². The van der Waals surface area contributed by atoms with Crippen LogP contribution in [-0.2, 0) is 12.7 Å². The van der Waals surface area contributed by atoms with Crippen molar-refractivity contribution in [3.8, 4) is 5.69 Å². The zero-order chi connectivity index (χ0) is 21.8. The van der Waals surface area contributed by atoms with Crippen LogP contribution in [0.4, 0.5) is 30.6 Å². The third-order valence-electron chi connectivity index (χ3n) is 4.51. The average Bonchev–Trinajstić information content (AvgIpc) is 3.27. The number of imidazole rings is 1. The van der Waals surface area contributed by atoms with Crippen LogP contribution < -0.4 is 10.6 Å². The summed E-state index contributed by atoms with van der Waals surface area (Å²) in [5, 5.41) is 6.21. The fourth-order valence-corrected chi connectivity index (χ4v) is 3.02. The number of anilines is 3. The van der Waals surface area contributed by atoms with E-state index in [1.165, 1.54) is 6.07 Å². The number of benzene rings is 2. The Labute approximate surface area is 176 Å². The van der Waals surface area contributed by atoms with Gasteiger partial charge in [0.15, 0.2) is 0 Å². The normalized spacial score (nSPS) is 11.4. The molecular weight excluding hydrogens is 405 g/mol. The molecule has 4 rings (SSSR count). The second-order valence-corrected chi connectivity index (χ2v) is 6.91. The Morgan fingerprint density at radius 2 is 1.81 bits per heavy atom. The van der Waals surface area contributed by atoms with E-state index in [1.54, 1.807) is 24.7 Å². The molecule has 0 atom stereocenters. The molecule has 9 heteroatoms. The smallest absolute Gasteiger partial charge is 0.366 e. The fraction of sp³-hybridized carbons (Fsp3) is 0.136. The maximum absolute atomic E-state index is 12.9. The summed E-state index contributed by atoms with van der Waals surface area (Å²) in [6.45, 7) is 2.03. The summed E-state index contributed by atoms with van der Waals surface area (Å²) in [5.41, 5.74) is 2.33. The molecule has 158 valence electrons. The van der Waals surface area contributed by atoms with E-state index >= 15 is 0 Å². The predicted octanol–water partition coefficient (Wildman–Crippen LogP) is 5.35. The van der Waals surface area contributed by atoms with Crippen LogP contribution >= 0.6 is 0 Å². The van der Waals surface area contributed by atoms with E-state index in [-0.39, 0.29) is 6.54 Å². The summed E-state index contributed by atoms with van der Waals surface area (Å²) in [4.78, 5) is 12.8. The number of hydrogen-bond donors (Lipinski definition) is 2. The number of rotatable bonds is 6. The number of hydrogen-bond acceptors (Lipinski definition) is 5. The molecule has 31 heavy (non-hydrogen) atoms. The van der Waals surface area contributed by atoms with Crippen molar-refractivity contribution in [1.82, 2.24) is 19.5 Å². The first kappa shape index (κ1) is 20.4. The summed E-state index contributed by atoms with van der Waals surface area (Å²) in [7, 11) is 0. The van der Waals surface area contributed by atoms with Gasteiger partial charge in [-0.2, -0.15) is 18.2 Å². The van der Waals surface area contributed by atoms with Gasteiger partial charge in [0.05, 0.1) is 11.9 Å². The van der Waals surface area contributed by atoms with Crippen molar-refractivity contribution in [3.63, 3.8) is 0 Å². The molecule has 0 unspecified atom stereocenters. The summed E-state index contributed by atoms with van der Waals surface area (Å²) in [5.74, 6) is 0.907. The van der Waals surface area contributed by atoms with Gasteiger partial charge in [0, 0.05) is 42.1 Å². The highest BCUT2D eigenvalue weighted by Crippen LogP contribution is 2.29. The van der Waals surface area contributed by atoms with Crippen LogP contribution in [0.3, 0.4) is 0 Å². The molecule has 6 nitrogen and oxygen atoms in total. The van der Waals surface area contributed by atoms with Crippen molar-refractivity contribution in [2.45, 2.75) is 19.6 Å². The Bertz CT molecular complexity index is 1150. The van der Waals surface area contributed by atoms with E-state index in [1.807, 2.05) is 42.0 Å². The third-order valence-corrected chi connectivity index (χ3v) is 4.51. The molecule has 0 spiro atoms. The Morgan fingerprint density at radius 1 is 1.00 bits per heavy atom. The highest BCUT2D eigenvalue weighted by molar-refractivity contribution is 5.57. The second kappa shape index (κ2) is 8.47. The molecule has 0 aliphatic rings. The van der Waals surface area contributed by atoms with Crippen molar-refractivity contribution in [3.05, 3.63) is 90.1 Å². The van der Waals surface area contributed by atoms with E-state index in [0.29, 0.717) is 17.3 Å². The van der Waals surface area contributed by atoms with Crippen molar-refractivity contribution < 1.29 is 13.2 Å². The molecule has 2 aromatic carbocycles. The van der Waals surface area contributed by atoms with Gasteiger partial charge in [0.2, 0.25) is 5.95 Å². The number of alkyl halides is 3. The SMILES string of the molecule is Cc1cc(NCc2cccc(C(F)(F)F)c2)nc(Nc2ccc(-n3ccnc3)cc2)n1. The molecule has 4 aromatic rings. The minimum atomic E-state index is -4.37. The lowest BCUT2D eigenvalue weighted by Crippen LogP contribution is -2.08. The molecule has 0 saturated carbocycles. The topological polar surface area (TPSA) is 67.7 Å². The first-order valence-electron chi connectivity index (χ1n) is 9.48. The number of nitrogens with zero attached hydrogens (tertiary/aromatic N) is 4. The van der Waals surface area contributed by atoms with E-state index < -0.39 is 11.7 Å². The van der Waals surface area contributed by atoms with Crippen molar-refractivity contribution in [2.75, 3.05) is 10.6 Å². The van der Waals surface area contributed by atoms with Gasteiger partial charge >= 0.3 is 6.18 Å². The van der Waals surface area contributed by atoms with Gasteiger partial charge in [-0.25, -0.2) is 9.97 Å². The number of halogens is 3. The van der Waals surface area contributed by atoms with Gasteiger partial charge in [0.1, 0.15) is 5.82 Å². The van der Waals surface area contributed by atoms with Crippen LogP contribution in [-0.4, -0.2) is 19.5 Å². The summed E-state index contributed by atoms with van der Waals surface area (Å²) in [6, 6.07) is 14.6. The van der Waals surface area contributed by atoms with Crippen LogP contribution in [0.25, 0.3) is 5.69 Å². The van der Waals surface area contributed by atoms with Gasteiger partial charge in [-0.15, -0.1) is 0 Å². The van der Waals surface area contributed by atoms with E-state index in [4.69, 9.17) is 0 Å².